The number of carbonyl (C=O) groups is 1. The largest absolute Gasteiger partial charge is 0.378 e. The fraction of sp³-hybridized carbons (Fsp3) is 0.333. The van der Waals surface area contributed by atoms with Gasteiger partial charge in [0, 0.05) is 66.2 Å². The van der Waals surface area contributed by atoms with Crippen molar-refractivity contribution in [3.63, 3.8) is 0 Å². The predicted molar refractivity (Wildman–Crippen MR) is 144 cm³/mol. The summed E-state index contributed by atoms with van der Waals surface area (Å²) in [7, 11) is 0. The number of benzene rings is 1. The van der Waals surface area contributed by atoms with E-state index in [1.807, 2.05) is 36.5 Å². The Kier molecular flexibility index (Phi) is 6.79. The highest BCUT2D eigenvalue weighted by atomic mass is 32.1. The van der Waals surface area contributed by atoms with Crippen molar-refractivity contribution in [1.82, 2.24) is 20.0 Å². The van der Waals surface area contributed by atoms with Crippen LogP contribution in [0.5, 0.6) is 0 Å². The number of fused-ring (bicyclic) bond motifs is 1. The highest BCUT2D eigenvalue weighted by molar-refractivity contribution is 7.22. The normalized spacial score (nSPS) is 17.3. The molecule has 2 saturated heterocycles. The van der Waals surface area contributed by atoms with Crippen LogP contribution >= 0.6 is 11.3 Å². The maximum absolute atomic E-state index is 12.8. The molecule has 0 radical (unpaired) electrons. The Morgan fingerprint density at radius 1 is 1.03 bits per heavy atom. The quantitative estimate of drug-likeness (QED) is 0.405. The zero-order chi connectivity index (χ0) is 25.2. The molecular formula is C27H28N6O3S. The molecule has 2 aliphatic heterocycles. The Morgan fingerprint density at radius 3 is 2.62 bits per heavy atom. The highest BCUT2D eigenvalue weighted by Crippen LogP contribution is 2.38. The van der Waals surface area contributed by atoms with Crippen LogP contribution in [0.15, 0.2) is 54.9 Å². The zero-order valence-corrected chi connectivity index (χ0v) is 21.2. The standard InChI is InChI=1S/C27H28N6O3S/c34-27(18-6-9-33(35)10-7-18)29-21-5-1-3-19(15-21)25-30-22-16-23(20-4-2-8-28-17-20)37-24(22)26(31-25)32-11-13-36-14-12-32/h1-5,8,15-18,35H,6-7,9-14H2,(H,29,34). The lowest BCUT2D eigenvalue weighted by Gasteiger charge is -2.28. The van der Waals surface area contributed by atoms with Gasteiger partial charge in [-0.15, -0.1) is 11.3 Å². The summed E-state index contributed by atoms with van der Waals surface area (Å²) in [5, 5.41) is 13.9. The number of aromatic nitrogens is 3. The number of hydroxylamine groups is 2. The van der Waals surface area contributed by atoms with Gasteiger partial charge < -0.3 is 20.2 Å². The Bertz CT molecular complexity index is 1400. The molecule has 4 aromatic rings. The van der Waals surface area contributed by atoms with E-state index in [4.69, 9.17) is 14.7 Å². The molecule has 3 aromatic heterocycles. The summed E-state index contributed by atoms with van der Waals surface area (Å²) in [6.45, 7) is 3.90. The minimum absolute atomic E-state index is 0.0189. The van der Waals surface area contributed by atoms with Crippen LogP contribution in [0.1, 0.15) is 12.8 Å². The van der Waals surface area contributed by atoms with Crippen molar-refractivity contribution in [2.75, 3.05) is 49.6 Å². The van der Waals surface area contributed by atoms with Gasteiger partial charge in [-0.3, -0.25) is 9.78 Å². The van der Waals surface area contributed by atoms with Crippen LogP contribution < -0.4 is 10.2 Å². The molecule has 1 amide bonds. The molecule has 0 saturated carbocycles. The molecule has 1 aromatic carbocycles. The monoisotopic (exact) mass is 516 g/mol. The van der Waals surface area contributed by atoms with Gasteiger partial charge in [-0.1, -0.05) is 18.2 Å². The predicted octanol–water partition coefficient (Wildman–Crippen LogP) is 4.30. The van der Waals surface area contributed by atoms with Crippen molar-refractivity contribution in [2.45, 2.75) is 12.8 Å². The van der Waals surface area contributed by atoms with E-state index in [9.17, 15) is 10.0 Å². The van der Waals surface area contributed by atoms with E-state index in [-0.39, 0.29) is 11.8 Å². The van der Waals surface area contributed by atoms with E-state index < -0.39 is 0 Å². The molecule has 0 bridgehead atoms. The van der Waals surface area contributed by atoms with Gasteiger partial charge >= 0.3 is 0 Å². The highest BCUT2D eigenvalue weighted by Gasteiger charge is 2.25. The lowest BCUT2D eigenvalue weighted by molar-refractivity contribution is -0.132. The number of hydrogen-bond acceptors (Lipinski definition) is 9. The molecule has 10 heteroatoms. The summed E-state index contributed by atoms with van der Waals surface area (Å²) in [6.07, 6.45) is 4.92. The second-order valence-corrected chi connectivity index (χ2v) is 10.4. The summed E-state index contributed by atoms with van der Waals surface area (Å²) in [4.78, 5) is 30.4. The Labute approximate surface area is 218 Å². The lowest BCUT2D eigenvalue weighted by atomic mass is 9.97. The van der Waals surface area contributed by atoms with Crippen LogP contribution in [0.4, 0.5) is 11.5 Å². The topological polar surface area (TPSA) is 104 Å². The van der Waals surface area contributed by atoms with Crippen LogP contribution in [-0.2, 0) is 9.53 Å². The van der Waals surface area contributed by atoms with Crippen LogP contribution in [0.2, 0.25) is 0 Å². The number of morpholine rings is 1. The Hall–Kier alpha value is -3.44. The smallest absolute Gasteiger partial charge is 0.227 e. The van der Waals surface area contributed by atoms with Gasteiger partial charge in [-0.05, 0) is 37.1 Å². The van der Waals surface area contributed by atoms with Gasteiger partial charge in [0.1, 0.15) is 0 Å². The number of piperidine rings is 1. The summed E-state index contributed by atoms with van der Waals surface area (Å²) in [5.41, 5.74) is 3.50. The third-order valence-corrected chi connectivity index (χ3v) is 8.01. The maximum Gasteiger partial charge on any atom is 0.227 e. The van der Waals surface area contributed by atoms with Crippen LogP contribution in [0, 0.1) is 5.92 Å². The van der Waals surface area contributed by atoms with Crippen LogP contribution in [0.3, 0.4) is 0 Å². The van der Waals surface area contributed by atoms with E-state index in [1.165, 1.54) is 5.06 Å². The van der Waals surface area contributed by atoms with Gasteiger partial charge in [0.25, 0.3) is 0 Å². The summed E-state index contributed by atoms with van der Waals surface area (Å²) < 4.78 is 6.63. The number of ether oxygens (including phenoxy) is 1. The lowest BCUT2D eigenvalue weighted by Crippen LogP contribution is -2.36. The number of anilines is 2. The third-order valence-electron chi connectivity index (χ3n) is 6.84. The van der Waals surface area contributed by atoms with Gasteiger partial charge in [-0.25, -0.2) is 9.97 Å². The molecule has 9 nitrogen and oxygen atoms in total. The van der Waals surface area contributed by atoms with Crippen molar-refractivity contribution in [2.24, 2.45) is 5.92 Å². The van der Waals surface area contributed by atoms with Crippen LogP contribution in [-0.4, -0.2) is 70.5 Å². The van der Waals surface area contributed by atoms with Crippen LogP contribution in [0.25, 0.3) is 32.0 Å². The summed E-state index contributed by atoms with van der Waals surface area (Å²) >= 11 is 1.68. The molecule has 2 aliphatic rings. The van der Waals surface area contributed by atoms with Crippen molar-refractivity contribution >= 4 is 39.0 Å². The summed E-state index contributed by atoms with van der Waals surface area (Å²) in [5.74, 6) is 1.40. The number of hydrogen-bond donors (Lipinski definition) is 2. The van der Waals surface area contributed by atoms with Gasteiger partial charge in [0.2, 0.25) is 5.91 Å². The van der Waals surface area contributed by atoms with Crippen molar-refractivity contribution in [3.8, 4) is 21.8 Å². The molecule has 2 N–H and O–H groups in total. The van der Waals surface area contributed by atoms with E-state index >= 15 is 0 Å². The Morgan fingerprint density at radius 2 is 1.84 bits per heavy atom. The van der Waals surface area contributed by atoms with E-state index in [0.717, 1.165) is 45.1 Å². The fourth-order valence-electron chi connectivity index (χ4n) is 4.79. The number of nitrogens with zero attached hydrogens (tertiary/aromatic N) is 5. The number of carbonyl (C=O) groups excluding carboxylic acids is 1. The van der Waals surface area contributed by atoms with Crippen molar-refractivity contribution in [3.05, 3.63) is 54.9 Å². The first-order chi connectivity index (χ1) is 18.1. The van der Waals surface area contributed by atoms with E-state index in [1.54, 1.807) is 17.5 Å². The second-order valence-electron chi connectivity index (χ2n) is 9.33. The number of amides is 1. The minimum atomic E-state index is -0.107. The summed E-state index contributed by atoms with van der Waals surface area (Å²) in [6, 6.07) is 13.8. The second kappa shape index (κ2) is 10.5. The number of thiophene rings is 1. The molecule has 2 fully saturated rings. The molecule has 5 heterocycles. The molecule has 37 heavy (non-hydrogen) atoms. The molecule has 0 atom stereocenters. The number of pyridine rings is 1. The van der Waals surface area contributed by atoms with Gasteiger partial charge in [0.05, 0.1) is 23.4 Å². The van der Waals surface area contributed by atoms with Gasteiger partial charge in [0.15, 0.2) is 11.6 Å². The molecular weight excluding hydrogens is 488 g/mol. The number of rotatable bonds is 5. The zero-order valence-electron chi connectivity index (χ0n) is 20.3. The molecule has 6 rings (SSSR count). The third kappa shape index (κ3) is 5.19. The maximum atomic E-state index is 12.8. The molecule has 190 valence electrons. The van der Waals surface area contributed by atoms with E-state index in [0.29, 0.717) is 50.7 Å². The van der Waals surface area contributed by atoms with E-state index in [2.05, 4.69) is 27.3 Å². The van der Waals surface area contributed by atoms with Crippen molar-refractivity contribution in [1.29, 1.82) is 0 Å². The molecule has 0 unspecified atom stereocenters. The van der Waals surface area contributed by atoms with Gasteiger partial charge in [-0.2, -0.15) is 5.06 Å². The van der Waals surface area contributed by atoms with Crippen molar-refractivity contribution < 1.29 is 14.7 Å². The minimum Gasteiger partial charge on any atom is -0.378 e. The average Bonchev–Trinajstić information content (AvgIpc) is 3.38. The first-order valence-corrected chi connectivity index (χ1v) is 13.4. The number of nitrogens with one attached hydrogen (secondary N) is 1. The molecule has 0 spiro atoms. The first-order valence-electron chi connectivity index (χ1n) is 12.5. The average molecular weight is 517 g/mol. The SMILES string of the molecule is O=C(Nc1cccc(-c2nc(N3CCOCC3)c3sc(-c4cccnc4)cc3n2)c1)C1CCN(O)CC1. The fourth-order valence-corrected chi connectivity index (χ4v) is 5.90. The molecule has 0 aliphatic carbocycles. The Balaban J connectivity index is 1.34. The first kappa shape index (κ1) is 23.9.